The van der Waals surface area contributed by atoms with E-state index in [1.54, 1.807) is 24.3 Å². The molecule has 0 aliphatic rings. The van der Waals surface area contributed by atoms with E-state index in [9.17, 15) is 19.2 Å². The van der Waals surface area contributed by atoms with Crippen molar-refractivity contribution in [2.45, 2.75) is 110 Å². The lowest BCUT2D eigenvalue weighted by Crippen LogP contribution is -2.26. The van der Waals surface area contributed by atoms with Gasteiger partial charge in [-0.2, -0.15) is 0 Å². The van der Waals surface area contributed by atoms with E-state index in [-0.39, 0.29) is 29.2 Å². The maximum absolute atomic E-state index is 12.7. The summed E-state index contributed by atoms with van der Waals surface area (Å²) >= 11 is 0. The standard InChI is InChI=1S/C41H52O9/c1-4-6-8-9-10-11-12-13-14-16-29-46-35-23-17-33(18-24-35)40(44)49-37-27-21-34(22-28-37)41(45)50-36-25-19-32(20-26-36)39(43)48-31(3)38(42)47-30-15-7-5-2/h17-28,31H,4-16,29-30H2,1-3H3/t31-/m1/s1. The van der Waals surface area contributed by atoms with E-state index < -0.39 is 30.0 Å². The van der Waals surface area contributed by atoms with Crippen molar-refractivity contribution in [3.63, 3.8) is 0 Å². The van der Waals surface area contributed by atoms with E-state index in [1.807, 2.05) is 6.92 Å². The summed E-state index contributed by atoms with van der Waals surface area (Å²) in [6.45, 7) is 6.68. The quantitative estimate of drug-likeness (QED) is 0.0546. The van der Waals surface area contributed by atoms with Gasteiger partial charge in [0, 0.05) is 0 Å². The van der Waals surface area contributed by atoms with E-state index in [2.05, 4.69) is 6.92 Å². The smallest absolute Gasteiger partial charge is 0.347 e. The number of carbonyl (C=O) groups excluding carboxylic acids is 4. The number of ether oxygens (including phenoxy) is 5. The van der Waals surface area contributed by atoms with Crippen LogP contribution in [0.3, 0.4) is 0 Å². The molecule has 9 heteroatoms. The molecule has 0 saturated heterocycles. The lowest BCUT2D eigenvalue weighted by atomic mass is 10.1. The van der Waals surface area contributed by atoms with E-state index in [0.717, 1.165) is 32.1 Å². The normalized spacial score (nSPS) is 11.3. The van der Waals surface area contributed by atoms with Crippen molar-refractivity contribution >= 4 is 23.9 Å². The van der Waals surface area contributed by atoms with Crippen LogP contribution in [0.25, 0.3) is 0 Å². The zero-order valence-corrected chi connectivity index (χ0v) is 29.8. The maximum atomic E-state index is 12.7. The number of benzene rings is 3. The number of esters is 4. The van der Waals surface area contributed by atoms with Gasteiger partial charge >= 0.3 is 23.9 Å². The Bertz CT molecular complexity index is 1450. The molecule has 1 atom stereocenters. The van der Waals surface area contributed by atoms with Gasteiger partial charge in [0.2, 0.25) is 0 Å². The minimum Gasteiger partial charge on any atom is -0.494 e. The van der Waals surface area contributed by atoms with Gasteiger partial charge in [-0.25, -0.2) is 19.2 Å². The molecule has 270 valence electrons. The summed E-state index contributed by atoms with van der Waals surface area (Å²) in [5, 5.41) is 0. The summed E-state index contributed by atoms with van der Waals surface area (Å²) in [6.07, 6.45) is 14.3. The molecule has 3 rings (SSSR count). The van der Waals surface area contributed by atoms with Gasteiger partial charge in [-0.05, 0) is 92.6 Å². The topological polar surface area (TPSA) is 114 Å². The molecule has 50 heavy (non-hydrogen) atoms. The van der Waals surface area contributed by atoms with Gasteiger partial charge in [-0.15, -0.1) is 0 Å². The average Bonchev–Trinajstić information content (AvgIpc) is 3.13. The number of hydrogen-bond acceptors (Lipinski definition) is 9. The molecule has 0 aliphatic heterocycles. The first-order valence-corrected chi connectivity index (χ1v) is 18.1. The van der Waals surface area contributed by atoms with Crippen molar-refractivity contribution in [1.82, 2.24) is 0 Å². The van der Waals surface area contributed by atoms with E-state index >= 15 is 0 Å². The summed E-state index contributed by atoms with van der Waals surface area (Å²) in [4.78, 5) is 49.8. The third kappa shape index (κ3) is 14.8. The Hall–Kier alpha value is -4.66. The fourth-order valence-electron chi connectivity index (χ4n) is 5.04. The molecule has 0 bridgehead atoms. The second kappa shape index (κ2) is 22.9. The van der Waals surface area contributed by atoms with Crippen LogP contribution in [-0.2, 0) is 14.3 Å². The van der Waals surface area contributed by atoms with Crippen LogP contribution in [0.4, 0.5) is 0 Å². The molecular formula is C41H52O9. The molecule has 0 saturated carbocycles. The molecule has 0 N–H and O–H groups in total. The Kier molecular flexibility index (Phi) is 18.2. The Balaban J connectivity index is 1.36. The second-order valence-corrected chi connectivity index (χ2v) is 12.3. The average molecular weight is 689 g/mol. The molecule has 0 aromatic heterocycles. The fraction of sp³-hybridized carbons (Fsp3) is 0.463. The molecule has 0 unspecified atom stereocenters. The van der Waals surface area contributed by atoms with Crippen LogP contribution in [0.15, 0.2) is 72.8 Å². The van der Waals surface area contributed by atoms with Crippen molar-refractivity contribution < 1.29 is 42.9 Å². The largest absolute Gasteiger partial charge is 0.494 e. The Morgan fingerprint density at radius 1 is 0.480 bits per heavy atom. The van der Waals surface area contributed by atoms with Gasteiger partial charge < -0.3 is 23.7 Å². The van der Waals surface area contributed by atoms with Crippen molar-refractivity contribution in [2.75, 3.05) is 13.2 Å². The highest BCUT2D eigenvalue weighted by molar-refractivity contribution is 5.93. The molecule has 3 aromatic carbocycles. The maximum Gasteiger partial charge on any atom is 0.347 e. The van der Waals surface area contributed by atoms with Gasteiger partial charge in [-0.3, -0.25) is 0 Å². The molecule has 9 nitrogen and oxygen atoms in total. The third-order valence-corrected chi connectivity index (χ3v) is 8.07. The van der Waals surface area contributed by atoms with Gasteiger partial charge in [0.15, 0.2) is 6.10 Å². The Morgan fingerprint density at radius 2 is 0.860 bits per heavy atom. The lowest BCUT2D eigenvalue weighted by molar-refractivity contribution is -0.153. The van der Waals surface area contributed by atoms with E-state index in [1.165, 1.54) is 107 Å². The SMILES string of the molecule is CCCCCCCCCCCCOc1ccc(C(=O)Oc2ccc(C(=O)Oc3ccc(C(=O)O[C@H](C)C(=O)OCCCCC)cc3)cc2)cc1. The molecule has 0 aliphatic carbocycles. The number of carbonyl (C=O) groups is 4. The van der Waals surface area contributed by atoms with Gasteiger partial charge in [0.05, 0.1) is 29.9 Å². The fourth-order valence-corrected chi connectivity index (χ4v) is 5.04. The molecule has 0 radical (unpaired) electrons. The predicted octanol–water partition coefficient (Wildman–Crippen LogP) is 9.70. The van der Waals surface area contributed by atoms with E-state index in [0.29, 0.717) is 17.9 Å². The third-order valence-electron chi connectivity index (χ3n) is 8.07. The van der Waals surface area contributed by atoms with E-state index in [4.69, 9.17) is 23.7 Å². The molecule has 3 aromatic rings. The van der Waals surface area contributed by atoms with Crippen LogP contribution in [0.2, 0.25) is 0 Å². The van der Waals surface area contributed by atoms with Gasteiger partial charge in [-0.1, -0.05) is 84.5 Å². The molecule has 0 heterocycles. The Morgan fingerprint density at radius 3 is 1.34 bits per heavy atom. The first kappa shape index (κ1) is 39.8. The summed E-state index contributed by atoms with van der Waals surface area (Å²) in [6, 6.07) is 18.6. The Labute approximate surface area is 296 Å². The molecule has 0 amide bonds. The predicted molar refractivity (Wildman–Crippen MR) is 192 cm³/mol. The highest BCUT2D eigenvalue weighted by atomic mass is 16.6. The summed E-state index contributed by atoms with van der Waals surface area (Å²) < 4.78 is 27.0. The number of hydrogen-bond donors (Lipinski definition) is 0. The number of rotatable bonds is 23. The highest BCUT2D eigenvalue weighted by Gasteiger charge is 2.20. The highest BCUT2D eigenvalue weighted by Crippen LogP contribution is 2.20. The molecule has 0 fully saturated rings. The summed E-state index contributed by atoms with van der Waals surface area (Å²) in [5.41, 5.74) is 0.806. The first-order chi connectivity index (χ1) is 24.3. The zero-order chi connectivity index (χ0) is 36.0. The van der Waals surface area contributed by atoms with Crippen molar-refractivity contribution in [3.05, 3.63) is 89.5 Å². The minimum absolute atomic E-state index is 0.188. The van der Waals surface area contributed by atoms with Crippen LogP contribution in [-0.4, -0.2) is 43.2 Å². The minimum atomic E-state index is -1.05. The zero-order valence-electron chi connectivity index (χ0n) is 29.8. The van der Waals surface area contributed by atoms with Gasteiger partial charge in [0.25, 0.3) is 0 Å². The van der Waals surface area contributed by atoms with Crippen LogP contribution < -0.4 is 14.2 Å². The first-order valence-electron chi connectivity index (χ1n) is 18.1. The van der Waals surface area contributed by atoms with Crippen LogP contribution in [0, 0.1) is 0 Å². The summed E-state index contributed by atoms with van der Waals surface area (Å²) in [7, 11) is 0. The van der Waals surface area contributed by atoms with Gasteiger partial charge in [0.1, 0.15) is 17.2 Å². The molecular weight excluding hydrogens is 636 g/mol. The van der Waals surface area contributed by atoms with Crippen LogP contribution in [0.1, 0.15) is 135 Å². The monoisotopic (exact) mass is 688 g/mol. The van der Waals surface area contributed by atoms with Crippen LogP contribution >= 0.6 is 0 Å². The van der Waals surface area contributed by atoms with Crippen molar-refractivity contribution in [3.8, 4) is 17.2 Å². The molecule has 0 spiro atoms. The van der Waals surface area contributed by atoms with Crippen LogP contribution in [0.5, 0.6) is 17.2 Å². The lowest BCUT2D eigenvalue weighted by Gasteiger charge is -2.13. The summed E-state index contributed by atoms with van der Waals surface area (Å²) in [5.74, 6) is -1.27. The second-order valence-electron chi connectivity index (χ2n) is 12.3. The number of unbranched alkanes of at least 4 members (excludes halogenated alkanes) is 11. The van der Waals surface area contributed by atoms with Crippen molar-refractivity contribution in [2.24, 2.45) is 0 Å². The van der Waals surface area contributed by atoms with Crippen molar-refractivity contribution in [1.29, 1.82) is 0 Å².